The number of likely N-dealkylation sites (tertiary alicyclic amines) is 1. The lowest BCUT2D eigenvalue weighted by atomic mass is 9.93. The Morgan fingerprint density at radius 2 is 1.90 bits per heavy atom. The van der Waals surface area contributed by atoms with Crippen molar-refractivity contribution in [2.75, 3.05) is 25.4 Å². The van der Waals surface area contributed by atoms with Crippen LogP contribution in [0.15, 0.2) is 0 Å². The van der Waals surface area contributed by atoms with Gasteiger partial charge in [0, 0.05) is 30.1 Å². The first-order chi connectivity index (χ1) is 9.82. The molecule has 21 heavy (non-hydrogen) atoms. The maximum absolute atomic E-state index is 12.8. The summed E-state index contributed by atoms with van der Waals surface area (Å²) in [7, 11) is 0. The summed E-state index contributed by atoms with van der Waals surface area (Å²) in [6, 6.07) is -0.0879. The summed E-state index contributed by atoms with van der Waals surface area (Å²) in [5.41, 5.74) is -0.994. The van der Waals surface area contributed by atoms with Gasteiger partial charge in [-0.15, -0.1) is 0 Å². The molecule has 120 valence electrons. The van der Waals surface area contributed by atoms with Crippen LogP contribution in [0.2, 0.25) is 0 Å². The summed E-state index contributed by atoms with van der Waals surface area (Å²) in [6.45, 7) is 8.26. The van der Waals surface area contributed by atoms with Crippen LogP contribution in [0.3, 0.4) is 0 Å². The third-order valence-corrected chi connectivity index (χ3v) is 6.18. The normalized spacial score (nSPS) is 29.3. The van der Waals surface area contributed by atoms with Crippen molar-refractivity contribution in [3.8, 4) is 0 Å². The highest BCUT2D eigenvalue weighted by Crippen LogP contribution is 2.35. The SMILES string of the molecule is CCC1(C(=O)O)CCCN1C(=O)N1CCSC(C)(C)CC1. The van der Waals surface area contributed by atoms with E-state index < -0.39 is 11.5 Å². The van der Waals surface area contributed by atoms with E-state index in [-0.39, 0.29) is 10.8 Å². The number of thioether (sulfide) groups is 1. The maximum atomic E-state index is 12.8. The van der Waals surface area contributed by atoms with Crippen LogP contribution in [-0.2, 0) is 4.79 Å². The van der Waals surface area contributed by atoms with Gasteiger partial charge in [-0.3, -0.25) is 0 Å². The van der Waals surface area contributed by atoms with Crippen molar-refractivity contribution < 1.29 is 14.7 Å². The monoisotopic (exact) mass is 314 g/mol. The van der Waals surface area contributed by atoms with Crippen LogP contribution in [0, 0.1) is 0 Å². The lowest BCUT2D eigenvalue weighted by molar-refractivity contribution is -0.148. The molecule has 0 spiro atoms. The molecule has 2 aliphatic heterocycles. The zero-order chi connectivity index (χ0) is 15.7. The molecule has 0 radical (unpaired) electrons. The van der Waals surface area contributed by atoms with E-state index >= 15 is 0 Å². The summed E-state index contributed by atoms with van der Waals surface area (Å²) >= 11 is 1.89. The molecule has 0 aromatic rings. The van der Waals surface area contributed by atoms with Crippen LogP contribution >= 0.6 is 11.8 Å². The fourth-order valence-electron chi connectivity index (χ4n) is 3.28. The minimum absolute atomic E-state index is 0.0879. The van der Waals surface area contributed by atoms with E-state index in [4.69, 9.17) is 0 Å². The van der Waals surface area contributed by atoms with E-state index in [2.05, 4.69) is 13.8 Å². The van der Waals surface area contributed by atoms with Gasteiger partial charge in [-0.2, -0.15) is 11.8 Å². The number of carboxylic acid groups (broad SMARTS) is 1. The van der Waals surface area contributed by atoms with Gasteiger partial charge >= 0.3 is 12.0 Å². The average Bonchev–Trinajstić information content (AvgIpc) is 2.78. The molecule has 2 saturated heterocycles. The number of carbonyl (C=O) groups is 2. The minimum Gasteiger partial charge on any atom is -0.479 e. The predicted octanol–water partition coefficient (Wildman–Crippen LogP) is 2.65. The van der Waals surface area contributed by atoms with Crippen molar-refractivity contribution in [2.24, 2.45) is 0 Å². The van der Waals surface area contributed by atoms with E-state index in [0.717, 1.165) is 25.1 Å². The second-order valence-electron chi connectivity index (χ2n) is 6.57. The van der Waals surface area contributed by atoms with Gasteiger partial charge in [0.15, 0.2) is 0 Å². The fraction of sp³-hybridized carbons (Fsp3) is 0.867. The molecule has 2 aliphatic rings. The molecule has 2 amide bonds. The molecule has 0 bridgehead atoms. The Morgan fingerprint density at radius 3 is 2.52 bits per heavy atom. The Labute approximate surface area is 131 Å². The summed E-state index contributed by atoms with van der Waals surface area (Å²) in [5.74, 6) is 0.0547. The van der Waals surface area contributed by atoms with Crippen LogP contribution in [0.1, 0.15) is 46.5 Å². The van der Waals surface area contributed by atoms with Crippen molar-refractivity contribution in [1.82, 2.24) is 9.80 Å². The van der Waals surface area contributed by atoms with Gasteiger partial charge in [0.25, 0.3) is 0 Å². The topological polar surface area (TPSA) is 60.9 Å². The number of rotatable bonds is 2. The van der Waals surface area contributed by atoms with Crippen molar-refractivity contribution in [3.63, 3.8) is 0 Å². The lowest BCUT2D eigenvalue weighted by Gasteiger charge is -2.37. The molecular weight excluding hydrogens is 288 g/mol. The van der Waals surface area contributed by atoms with Gasteiger partial charge in [-0.25, -0.2) is 9.59 Å². The summed E-state index contributed by atoms with van der Waals surface area (Å²) in [4.78, 5) is 28.0. The highest BCUT2D eigenvalue weighted by molar-refractivity contribution is 8.00. The summed E-state index contributed by atoms with van der Waals surface area (Å²) in [5, 5.41) is 9.60. The Balaban J connectivity index is 2.13. The second kappa shape index (κ2) is 6.07. The number of hydrogen-bond acceptors (Lipinski definition) is 3. The number of urea groups is 1. The quantitative estimate of drug-likeness (QED) is 0.851. The largest absolute Gasteiger partial charge is 0.479 e. The van der Waals surface area contributed by atoms with E-state index in [0.29, 0.717) is 25.9 Å². The third kappa shape index (κ3) is 3.15. The summed E-state index contributed by atoms with van der Waals surface area (Å²) in [6.07, 6.45) is 2.77. The first-order valence-electron chi connectivity index (χ1n) is 7.76. The van der Waals surface area contributed by atoms with Crippen LogP contribution in [0.4, 0.5) is 4.79 Å². The van der Waals surface area contributed by atoms with Crippen molar-refractivity contribution in [1.29, 1.82) is 0 Å². The van der Waals surface area contributed by atoms with Gasteiger partial charge in [0.2, 0.25) is 0 Å². The maximum Gasteiger partial charge on any atom is 0.329 e. The van der Waals surface area contributed by atoms with Crippen LogP contribution in [0.5, 0.6) is 0 Å². The first-order valence-corrected chi connectivity index (χ1v) is 8.75. The molecule has 1 N–H and O–H groups in total. The lowest BCUT2D eigenvalue weighted by Crippen LogP contribution is -2.56. The van der Waals surface area contributed by atoms with Gasteiger partial charge in [-0.05, 0) is 25.7 Å². The Bertz CT molecular complexity index is 427. The Hall–Kier alpha value is -0.910. The van der Waals surface area contributed by atoms with Gasteiger partial charge in [0.05, 0.1) is 0 Å². The molecule has 0 aliphatic carbocycles. The molecule has 2 fully saturated rings. The number of hydrogen-bond donors (Lipinski definition) is 1. The van der Waals surface area contributed by atoms with Crippen molar-refractivity contribution in [3.05, 3.63) is 0 Å². The van der Waals surface area contributed by atoms with Crippen LogP contribution in [0.25, 0.3) is 0 Å². The Morgan fingerprint density at radius 1 is 1.19 bits per heavy atom. The van der Waals surface area contributed by atoms with E-state index in [1.807, 2.05) is 23.6 Å². The van der Waals surface area contributed by atoms with Gasteiger partial charge in [-0.1, -0.05) is 20.8 Å². The van der Waals surface area contributed by atoms with Crippen molar-refractivity contribution >= 4 is 23.8 Å². The summed E-state index contributed by atoms with van der Waals surface area (Å²) < 4.78 is 0.189. The van der Waals surface area contributed by atoms with Crippen LogP contribution in [-0.4, -0.2) is 62.6 Å². The standard InChI is InChI=1S/C15H26N2O3S/c1-4-15(12(18)19)6-5-8-17(15)13(20)16-9-7-14(2,3)21-11-10-16/h4-11H2,1-3H3,(H,18,19). The van der Waals surface area contributed by atoms with Crippen LogP contribution < -0.4 is 0 Å². The molecule has 5 nitrogen and oxygen atoms in total. The van der Waals surface area contributed by atoms with Gasteiger partial charge in [0.1, 0.15) is 5.54 Å². The Kier molecular flexibility index (Phi) is 4.76. The first kappa shape index (κ1) is 16.5. The predicted molar refractivity (Wildman–Crippen MR) is 84.7 cm³/mol. The fourth-order valence-corrected chi connectivity index (χ4v) is 4.38. The average molecular weight is 314 g/mol. The van der Waals surface area contributed by atoms with Crippen molar-refractivity contribution in [2.45, 2.75) is 56.7 Å². The number of carboxylic acids is 1. The van der Waals surface area contributed by atoms with E-state index in [1.54, 1.807) is 4.90 Å². The van der Waals surface area contributed by atoms with E-state index in [1.165, 1.54) is 0 Å². The molecule has 2 heterocycles. The molecule has 1 atom stereocenters. The molecule has 2 rings (SSSR count). The smallest absolute Gasteiger partial charge is 0.329 e. The molecule has 0 aromatic carbocycles. The van der Waals surface area contributed by atoms with Gasteiger partial charge < -0.3 is 14.9 Å². The highest BCUT2D eigenvalue weighted by Gasteiger charge is 2.49. The number of carbonyl (C=O) groups excluding carboxylic acids is 1. The minimum atomic E-state index is -0.994. The highest BCUT2D eigenvalue weighted by atomic mass is 32.2. The number of aliphatic carboxylic acids is 1. The molecule has 0 aromatic heterocycles. The second-order valence-corrected chi connectivity index (χ2v) is 8.38. The third-order valence-electron chi connectivity index (χ3n) is 4.81. The molecule has 0 saturated carbocycles. The molecule has 1 unspecified atom stereocenters. The number of amides is 2. The molecular formula is C15H26N2O3S. The number of nitrogens with zero attached hydrogens (tertiary/aromatic N) is 2. The van der Waals surface area contributed by atoms with E-state index in [9.17, 15) is 14.7 Å². The zero-order valence-corrected chi connectivity index (χ0v) is 14.0. The molecule has 6 heteroatoms. The zero-order valence-electron chi connectivity index (χ0n) is 13.2.